The first-order chi connectivity index (χ1) is 7.92. The summed E-state index contributed by atoms with van der Waals surface area (Å²) < 4.78 is 0. The van der Waals surface area contributed by atoms with E-state index in [9.17, 15) is 0 Å². The molecule has 2 unspecified atom stereocenters. The summed E-state index contributed by atoms with van der Waals surface area (Å²) in [6, 6.07) is 2.79. The van der Waals surface area contributed by atoms with E-state index in [1.165, 1.54) is 44.2 Å². The van der Waals surface area contributed by atoms with Gasteiger partial charge < -0.3 is 5.32 Å². The highest BCUT2D eigenvalue weighted by molar-refractivity contribution is 4.97. The third-order valence-electron chi connectivity index (χ3n) is 4.14. The third kappa shape index (κ3) is 2.46. The Morgan fingerprint density at radius 3 is 2.94 bits per heavy atom. The van der Waals surface area contributed by atoms with Gasteiger partial charge in [0.1, 0.15) is 0 Å². The Bertz CT molecular complexity index is 316. The van der Waals surface area contributed by atoms with Gasteiger partial charge in [0.2, 0.25) is 0 Å². The Hall–Kier alpha value is -0.830. The van der Waals surface area contributed by atoms with Crippen molar-refractivity contribution in [3.8, 4) is 0 Å². The zero-order valence-electron chi connectivity index (χ0n) is 9.78. The molecule has 0 radical (unpaired) electrons. The summed E-state index contributed by atoms with van der Waals surface area (Å²) >= 11 is 0. The lowest BCUT2D eigenvalue weighted by Crippen LogP contribution is -2.34. The lowest BCUT2D eigenvalue weighted by Gasteiger charge is -2.29. The minimum atomic E-state index is 0.739. The Kier molecular flexibility index (Phi) is 2.96. The van der Waals surface area contributed by atoms with Crippen molar-refractivity contribution in [2.75, 3.05) is 0 Å². The molecule has 1 heterocycles. The highest BCUT2D eigenvalue weighted by Gasteiger charge is 2.34. The second-order valence-electron chi connectivity index (χ2n) is 5.42. The van der Waals surface area contributed by atoms with Gasteiger partial charge in [-0.1, -0.05) is 12.8 Å². The molecule has 3 rings (SSSR count). The molecule has 0 amide bonds. The molecule has 3 heteroatoms. The van der Waals surface area contributed by atoms with Gasteiger partial charge in [0.05, 0.1) is 0 Å². The summed E-state index contributed by atoms with van der Waals surface area (Å²) in [5.74, 6) is 2.10. The van der Waals surface area contributed by atoms with Crippen LogP contribution in [0, 0.1) is 11.8 Å². The van der Waals surface area contributed by atoms with E-state index in [-0.39, 0.29) is 0 Å². The Labute approximate surface area is 97.0 Å². The fraction of sp³-hybridized carbons (Fsp3) is 0.769. The van der Waals surface area contributed by atoms with E-state index in [1.807, 2.05) is 12.3 Å². The predicted octanol–water partition coefficient (Wildman–Crippen LogP) is 2.47. The molecule has 0 saturated heterocycles. The first kappa shape index (κ1) is 10.3. The SMILES string of the molecule is c1cc(CNC2CCCC(C3CC3)C2)[nH]n1. The first-order valence-electron chi connectivity index (χ1n) is 6.63. The van der Waals surface area contributed by atoms with Crippen LogP contribution in [0.5, 0.6) is 0 Å². The summed E-state index contributed by atoms with van der Waals surface area (Å²) in [4.78, 5) is 0. The van der Waals surface area contributed by atoms with Gasteiger partial charge >= 0.3 is 0 Å². The number of aromatic nitrogens is 2. The van der Waals surface area contributed by atoms with Crippen molar-refractivity contribution >= 4 is 0 Å². The molecule has 88 valence electrons. The molecule has 1 aromatic heterocycles. The van der Waals surface area contributed by atoms with Crippen LogP contribution in [0.1, 0.15) is 44.2 Å². The smallest absolute Gasteiger partial charge is 0.0490 e. The van der Waals surface area contributed by atoms with Gasteiger partial charge in [-0.15, -0.1) is 0 Å². The van der Waals surface area contributed by atoms with Gasteiger partial charge in [-0.25, -0.2) is 0 Å². The van der Waals surface area contributed by atoms with Crippen LogP contribution in [0.4, 0.5) is 0 Å². The molecular formula is C13H21N3. The molecular weight excluding hydrogens is 198 g/mol. The van der Waals surface area contributed by atoms with Crippen LogP contribution >= 0.6 is 0 Å². The van der Waals surface area contributed by atoms with Crippen molar-refractivity contribution in [2.24, 2.45) is 11.8 Å². The van der Waals surface area contributed by atoms with Gasteiger partial charge in [0.15, 0.2) is 0 Å². The highest BCUT2D eigenvalue weighted by atomic mass is 15.1. The van der Waals surface area contributed by atoms with Gasteiger partial charge in [0, 0.05) is 24.5 Å². The third-order valence-corrected chi connectivity index (χ3v) is 4.14. The molecule has 16 heavy (non-hydrogen) atoms. The average molecular weight is 219 g/mol. The topological polar surface area (TPSA) is 40.7 Å². The summed E-state index contributed by atoms with van der Waals surface area (Å²) in [5, 5.41) is 10.7. The largest absolute Gasteiger partial charge is 0.308 e. The zero-order valence-corrected chi connectivity index (χ0v) is 9.78. The molecule has 2 saturated carbocycles. The van der Waals surface area contributed by atoms with Crippen LogP contribution < -0.4 is 5.32 Å². The van der Waals surface area contributed by atoms with Gasteiger partial charge in [-0.2, -0.15) is 5.10 Å². The zero-order chi connectivity index (χ0) is 10.8. The number of H-pyrrole nitrogens is 1. The lowest BCUT2D eigenvalue weighted by molar-refractivity contribution is 0.259. The number of aromatic amines is 1. The molecule has 2 aliphatic rings. The fourth-order valence-electron chi connectivity index (χ4n) is 3.05. The Morgan fingerprint density at radius 1 is 1.25 bits per heavy atom. The van der Waals surface area contributed by atoms with Crippen LogP contribution in [0.3, 0.4) is 0 Å². The van der Waals surface area contributed by atoms with E-state index in [0.717, 1.165) is 24.4 Å². The molecule has 2 fully saturated rings. The maximum Gasteiger partial charge on any atom is 0.0490 e. The molecule has 1 aromatic rings. The van der Waals surface area contributed by atoms with Gasteiger partial charge in [-0.3, -0.25) is 5.10 Å². The molecule has 0 spiro atoms. The van der Waals surface area contributed by atoms with E-state index >= 15 is 0 Å². The predicted molar refractivity (Wildman–Crippen MR) is 63.9 cm³/mol. The maximum absolute atomic E-state index is 3.97. The van der Waals surface area contributed by atoms with Crippen LogP contribution in [-0.4, -0.2) is 16.2 Å². The fourth-order valence-corrected chi connectivity index (χ4v) is 3.05. The summed E-state index contributed by atoms with van der Waals surface area (Å²) in [5.41, 5.74) is 1.20. The number of rotatable bonds is 4. The lowest BCUT2D eigenvalue weighted by atomic mass is 9.83. The van der Waals surface area contributed by atoms with Crippen molar-refractivity contribution in [3.05, 3.63) is 18.0 Å². The second kappa shape index (κ2) is 4.58. The van der Waals surface area contributed by atoms with Crippen molar-refractivity contribution in [3.63, 3.8) is 0 Å². The normalized spacial score (nSPS) is 30.5. The quantitative estimate of drug-likeness (QED) is 0.816. The van der Waals surface area contributed by atoms with Crippen LogP contribution in [0.2, 0.25) is 0 Å². The van der Waals surface area contributed by atoms with Crippen molar-refractivity contribution in [1.29, 1.82) is 0 Å². The Balaban J connectivity index is 1.47. The van der Waals surface area contributed by atoms with E-state index in [1.54, 1.807) is 0 Å². The average Bonchev–Trinajstić information content (AvgIpc) is 3.05. The number of hydrogen-bond acceptors (Lipinski definition) is 2. The number of hydrogen-bond donors (Lipinski definition) is 2. The van der Waals surface area contributed by atoms with Crippen molar-refractivity contribution < 1.29 is 0 Å². The molecule has 2 aliphatic carbocycles. The minimum absolute atomic E-state index is 0.739. The molecule has 2 atom stereocenters. The maximum atomic E-state index is 3.97. The molecule has 0 aliphatic heterocycles. The summed E-state index contributed by atoms with van der Waals surface area (Å²) in [6.45, 7) is 0.946. The standard InChI is InChI=1S/C13H21N3/c1-2-11(10-4-5-10)8-12(3-1)14-9-13-6-7-15-16-13/h6-7,10-12,14H,1-5,8-9H2,(H,15,16). The van der Waals surface area contributed by atoms with E-state index in [0.29, 0.717) is 0 Å². The molecule has 2 N–H and O–H groups in total. The summed E-state index contributed by atoms with van der Waals surface area (Å²) in [6.07, 6.45) is 10.5. The number of nitrogens with one attached hydrogen (secondary N) is 2. The molecule has 0 bridgehead atoms. The van der Waals surface area contributed by atoms with Crippen LogP contribution in [0.25, 0.3) is 0 Å². The van der Waals surface area contributed by atoms with Gasteiger partial charge in [0.25, 0.3) is 0 Å². The second-order valence-corrected chi connectivity index (χ2v) is 5.42. The van der Waals surface area contributed by atoms with E-state index in [2.05, 4.69) is 15.5 Å². The molecule has 0 aromatic carbocycles. The Morgan fingerprint density at radius 2 is 2.19 bits per heavy atom. The van der Waals surface area contributed by atoms with E-state index in [4.69, 9.17) is 0 Å². The van der Waals surface area contributed by atoms with Crippen LogP contribution in [-0.2, 0) is 6.54 Å². The van der Waals surface area contributed by atoms with E-state index < -0.39 is 0 Å². The highest BCUT2D eigenvalue weighted by Crippen LogP contribution is 2.43. The monoisotopic (exact) mass is 219 g/mol. The summed E-state index contributed by atoms with van der Waals surface area (Å²) in [7, 11) is 0. The molecule has 3 nitrogen and oxygen atoms in total. The van der Waals surface area contributed by atoms with Crippen molar-refractivity contribution in [1.82, 2.24) is 15.5 Å². The number of nitrogens with zero attached hydrogens (tertiary/aromatic N) is 1. The van der Waals surface area contributed by atoms with Gasteiger partial charge in [-0.05, 0) is 43.6 Å². The van der Waals surface area contributed by atoms with Crippen LogP contribution in [0.15, 0.2) is 12.3 Å². The minimum Gasteiger partial charge on any atom is -0.308 e. The van der Waals surface area contributed by atoms with Crippen molar-refractivity contribution in [2.45, 2.75) is 51.1 Å². The first-order valence-corrected chi connectivity index (χ1v) is 6.63.